The van der Waals surface area contributed by atoms with Gasteiger partial charge in [0.15, 0.2) is 0 Å². The fraction of sp³-hybridized carbons (Fsp3) is 0.500. The fourth-order valence-electron chi connectivity index (χ4n) is 4.67. The number of amides is 1. The first-order valence-corrected chi connectivity index (χ1v) is 9.61. The molecule has 1 saturated carbocycles. The number of rotatable bonds is 2. The lowest BCUT2D eigenvalue weighted by atomic mass is 9.77. The molecule has 4 heterocycles. The Morgan fingerprint density at radius 2 is 2.09 bits per heavy atom. The predicted octanol–water partition coefficient (Wildman–Crippen LogP) is 3.91. The standard InChI is InChI=1S/C18H19ClN2OS/c19-13-2-1-3-14-12(13)10-15(23-14)17(22)20-16-11-4-8-21(9-5-11)18(16)6-7-18/h1-3,10-11,16H,4-9H2,(H,20,22)/t16-/m0/s1. The summed E-state index contributed by atoms with van der Waals surface area (Å²) in [5.41, 5.74) is 0.283. The van der Waals surface area contributed by atoms with Crippen LogP contribution in [0, 0.1) is 5.92 Å². The van der Waals surface area contributed by atoms with Gasteiger partial charge in [-0.1, -0.05) is 17.7 Å². The Balaban J connectivity index is 1.43. The Morgan fingerprint density at radius 1 is 1.30 bits per heavy atom. The molecular formula is C18H19ClN2OS. The van der Waals surface area contributed by atoms with Crippen LogP contribution in [0.25, 0.3) is 10.1 Å². The van der Waals surface area contributed by atoms with E-state index in [2.05, 4.69) is 10.2 Å². The van der Waals surface area contributed by atoms with Crippen molar-refractivity contribution in [1.82, 2.24) is 10.2 Å². The minimum absolute atomic E-state index is 0.0762. The molecule has 23 heavy (non-hydrogen) atoms. The molecule has 0 radical (unpaired) electrons. The van der Waals surface area contributed by atoms with Crippen molar-refractivity contribution in [2.24, 2.45) is 5.92 Å². The SMILES string of the molecule is O=C(N[C@H]1C2CCN(CC2)C12CC2)c1cc2c(Cl)cccc2s1. The maximum absolute atomic E-state index is 12.8. The van der Waals surface area contributed by atoms with Gasteiger partial charge in [0.1, 0.15) is 0 Å². The molecule has 6 rings (SSSR count). The zero-order valence-corrected chi connectivity index (χ0v) is 14.4. The van der Waals surface area contributed by atoms with Crippen LogP contribution in [0.3, 0.4) is 0 Å². The number of carbonyl (C=O) groups excluding carboxylic acids is 1. The summed E-state index contributed by atoms with van der Waals surface area (Å²) in [6, 6.07) is 8.12. The van der Waals surface area contributed by atoms with E-state index in [-0.39, 0.29) is 11.4 Å². The van der Waals surface area contributed by atoms with Crippen LogP contribution in [0.1, 0.15) is 35.4 Å². The molecule has 1 amide bonds. The van der Waals surface area contributed by atoms with Gasteiger partial charge in [-0.25, -0.2) is 0 Å². The highest BCUT2D eigenvalue weighted by Crippen LogP contribution is 2.53. The molecular weight excluding hydrogens is 328 g/mol. The molecule has 4 fully saturated rings. The first-order chi connectivity index (χ1) is 11.2. The van der Waals surface area contributed by atoms with Gasteiger partial charge in [0.25, 0.3) is 5.91 Å². The van der Waals surface area contributed by atoms with E-state index in [1.54, 1.807) is 0 Å². The predicted molar refractivity (Wildman–Crippen MR) is 94.4 cm³/mol. The average Bonchev–Trinajstić information content (AvgIpc) is 3.21. The molecule has 1 aliphatic carbocycles. The molecule has 0 unspecified atom stereocenters. The number of piperidine rings is 3. The number of hydrogen-bond donors (Lipinski definition) is 1. The fourth-order valence-corrected chi connectivity index (χ4v) is 5.95. The van der Waals surface area contributed by atoms with Gasteiger partial charge < -0.3 is 5.32 Å². The van der Waals surface area contributed by atoms with Crippen molar-refractivity contribution in [3.8, 4) is 0 Å². The van der Waals surface area contributed by atoms with Crippen molar-refractivity contribution in [2.75, 3.05) is 13.1 Å². The van der Waals surface area contributed by atoms with Crippen LogP contribution in [-0.4, -0.2) is 35.5 Å². The molecule has 4 aliphatic rings. The number of thiophene rings is 1. The van der Waals surface area contributed by atoms with Crippen molar-refractivity contribution in [3.63, 3.8) is 0 Å². The molecule has 3 saturated heterocycles. The number of fused-ring (bicyclic) bond motifs is 3. The first kappa shape index (κ1) is 14.3. The first-order valence-electron chi connectivity index (χ1n) is 8.41. The number of halogens is 1. The van der Waals surface area contributed by atoms with Gasteiger partial charge in [0.2, 0.25) is 0 Å². The molecule has 3 nitrogen and oxygen atoms in total. The minimum atomic E-state index is 0.0762. The third-order valence-electron chi connectivity index (χ3n) is 6.00. The number of hydrogen-bond acceptors (Lipinski definition) is 3. The van der Waals surface area contributed by atoms with Crippen LogP contribution in [0.5, 0.6) is 0 Å². The Labute approximate surface area is 144 Å². The second-order valence-corrected chi connectivity index (χ2v) is 8.63. The maximum atomic E-state index is 12.8. The van der Waals surface area contributed by atoms with Gasteiger partial charge in [-0.3, -0.25) is 9.69 Å². The molecule has 120 valence electrons. The van der Waals surface area contributed by atoms with E-state index in [4.69, 9.17) is 11.6 Å². The Bertz CT molecular complexity index is 789. The van der Waals surface area contributed by atoms with Gasteiger partial charge >= 0.3 is 0 Å². The zero-order chi connectivity index (χ0) is 15.6. The third-order valence-corrected chi connectivity index (χ3v) is 7.43. The monoisotopic (exact) mass is 346 g/mol. The van der Waals surface area contributed by atoms with Gasteiger partial charge in [0, 0.05) is 20.6 Å². The molecule has 1 atom stereocenters. The van der Waals surface area contributed by atoms with Crippen LogP contribution in [0.2, 0.25) is 5.02 Å². The summed E-state index contributed by atoms with van der Waals surface area (Å²) in [4.78, 5) is 16.2. The second-order valence-electron chi connectivity index (χ2n) is 7.14. The summed E-state index contributed by atoms with van der Waals surface area (Å²) in [5.74, 6) is 0.733. The largest absolute Gasteiger partial charge is 0.346 e. The normalized spacial score (nSPS) is 30.7. The molecule has 3 aliphatic heterocycles. The third kappa shape index (κ3) is 2.08. The van der Waals surface area contributed by atoms with Crippen molar-refractivity contribution >= 4 is 38.9 Å². The van der Waals surface area contributed by atoms with E-state index >= 15 is 0 Å². The summed E-state index contributed by atoms with van der Waals surface area (Å²) < 4.78 is 1.08. The highest BCUT2D eigenvalue weighted by molar-refractivity contribution is 7.20. The number of benzene rings is 1. The van der Waals surface area contributed by atoms with Crippen LogP contribution in [-0.2, 0) is 0 Å². The van der Waals surface area contributed by atoms with Gasteiger partial charge in [-0.15, -0.1) is 11.3 Å². The second kappa shape index (κ2) is 4.95. The summed E-state index contributed by atoms with van der Waals surface area (Å²) in [6.45, 7) is 2.44. The van der Waals surface area contributed by atoms with Gasteiger partial charge in [-0.05, 0) is 62.9 Å². The lowest BCUT2D eigenvalue weighted by molar-refractivity contribution is -0.00138. The van der Waals surface area contributed by atoms with E-state index in [0.717, 1.165) is 20.0 Å². The number of nitrogens with zero attached hydrogens (tertiary/aromatic N) is 1. The molecule has 2 aromatic rings. The Hall–Kier alpha value is -1.10. The van der Waals surface area contributed by atoms with E-state index in [9.17, 15) is 4.79 Å². The average molecular weight is 347 g/mol. The highest BCUT2D eigenvalue weighted by Gasteiger charge is 2.60. The lowest BCUT2D eigenvalue weighted by Crippen LogP contribution is -2.65. The summed E-state index contributed by atoms with van der Waals surface area (Å²) in [6.07, 6.45) is 4.94. The van der Waals surface area contributed by atoms with Crippen molar-refractivity contribution < 1.29 is 4.79 Å². The Kier molecular flexibility index (Phi) is 3.07. The quantitative estimate of drug-likeness (QED) is 0.894. The van der Waals surface area contributed by atoms with E-state index in [1.807, 2.05) is 24.3 Å². The van der Waals surface area contributed by atoms with Crippen molar-refractivity contribution in [1.29, 1.82) is 0 Å². The van der Waals surface area contributed by atoms with Crippen LogP contribution in [0.15, 0.2) is 24.3 Å². The molecule has 1 aromatic heterocycles. The molecule has 2 bridgehead atoms. The van der Waals surface area contributed by atoms with E-state index in [1.165, 1.54) is 50.1 Å². The zero-order valence-electron chi connectivity index (χ0n) is 12.8. The Morgan fingerprint density at radius 3 is 2.78 bits per heavy atom. The summed E-state index contributed by atoms with van der Waals surface area (Å²) in [7, 11) is 0. The molecule has 5 heteroatoms. The summed E-state index contributed by atoms with van der Waals surface area (Å²) in [5, 5.41) is 5.09. The topological polar surface area (TPSA) is 32.3 Å². The van der Waals surface area contributed by atoms with Gasteiger partial charge in [0.05, 0.1) is 10.9 Å². The van der Waals surface area contributed by atoms with Gasteiger partial charge in [-0.2, -0.15) is 0 Å². The molecule has 1 N–H and O–H groups in total. The van der Waals surface area contributed by atoms with Crippen molar-refractivity contribution in [2.45, 2.75) is 37.3 Å². The molecule has 1 aromatic carbocycles. The van der Waals surface area contributed by atoms with E-state index in [0.29, 0.717) is 12.0 Å². The van der Waals surface area contributed by atoms with E-state index < -0.39 is 0 Å². The minimum Gasteiger partial charge on any atom is -0.346 e. The van der Waals surface area contributed by atoms with Crippen LogP contribution >= 0.6 is 22.9 Å². The number of nitrogens with one attached hydrogen (secondary N) is 1. The number of carbonyl (C=O) groups is 1. The highest BCUT2D eigenvalue weighted by atomic mass is 35.5. The van der Waals surface area contributed by atoms with Crippen molar-refractivity contribution in [3.05, 3.63) is 34.2 Å². The van der Waals surface area contributed by atoms with Crippen LogP contribution < -0.4 is 5.32 Å². The maximum Gasteiger partial charge on any atom is 0.261 e. The van der Waals surface area contributed by atoms with Crippen LogP contribution in [0.4, 0.5) is 0 Å². The lowest BCUT2D eigenvalue weighted by Gasteiger charge is -2.52. The smallest absolute Gasteiger partial charge is 0.261 e. The summed E-state index contributed by atoms with van der Waals surface area (Å²) >= 11 is 7.78. The molecule has 1 spiro atoms.